The number of carbonyl (C=O) groups is 1. The number of anilines is 1. The quantitative estimate of drug-likeness (QED) is 0.726. The minimum Gasteiger partial charge on any atom is -0.480 e. The zero-order chi connectivity index (χ0) is 19.7. The number of carboxylic acids is 1. The Morgan fingerprint density at radius 1 is 1.29 bits per heavy atom. The normalized spacial score (nSPS) is 21.4. The highest BCUT2D eigenvalue weighted by Gasteiger charge is 2.37. The summed E-state index contributed by atoms with van der Waals surface area (Å²) in [6.07, 6.45) is 7.88. The van der Waals surface area contributed by atoms with Gasteiger partial charge in [0.05, 0.1) is 6.54 Å². The highest BCUT2D eigenvalue weighted by Crippen LogP contribution is 2.35. The number of nitrogens with zero attached hydrogens (tertiary/aromatic N) is 4. The summed E-state index contributed by atoms with van der Waals surface area (Å²) in [6, 6.07) is 4.50. The molecule has 0 aromatic carbocycles. The predicted octanol–water partition coefficient (Wildman–Crippen LogP) is 2.89. The lowest BCUT2D eigenvalue weighted by molar-refractivity contribution is -0.139. The molecule has 4 rings (SSSR count). The maximum Gasteiger partial charge on any atom is 0.317 e. The van der Waals surface area contributed by atoms with Crippen LogP contribution in [0.5, 0.6) is 0 Å². The fraction of sp³-hybridized carbons (Fsp3) is 0.524. The largest absolute Gasteiger partial charge is 0.480 e. The molecule has 7 nitrogen and oxygen atoms in total. The summed E-state index contributed by atoms with van der Waals surface area (Å²) in [6.45, 7) is 5.09. The van der Waals surface area contributed by atoms with Crippen molar-refractivity contribution in [3.63, 3.8) is 0 Å². The molecule has 0 atom stereocenters. The van der Waals surface area contributed by atoms with Crippen molar-refractivity contribution in [1.29, 1.82) is 0 Å². The fourth-order valence-corrected chi connectivity index (χ4v) is 3.74. The molecule has 28 heavy (non-hydrogen) atoms. The van der Waals surface area contributed by atoms with E-state index >= 15 is 0 Å². The van der Waals surface area contributed by atoms with Gasteiger partial charge in [0.1, 0.15) is 5.82 Å². The second kappa shape index (κ2) is 7.83. The lowest BCUT2D eigenvalue weighted by atomic mass is 9.85. The summed E-state index contributed by atoms with van der Waals surface area (Å²) in [4.78, 5) is 26.9. The highest BCUT2D eigenvalue weighted by atomic mass is 16.4. The van der Waals surface area contributed by atoms with Gasteiger partial charge in [-0.25, -0.2) is 9.97 Å². The Morgan fingerprint density at radius 3 is 2.71 bits per heavy atom. The van der Waals surface area contributed by atoms with Crippen molar-refractivity contribution in [3.8, 4) is 11.4 Å². The number of carboxylic acid groups (broad SMARTS) is 1. The molecule has 2 saturated carbocycles. The number of rotatable bonds is 8. The van der Waals surface area contributed by atoms with E-state index in [1.54, 1.807) is 12.4 Å². The van der Waals surface area contributed by atoms with Gasteiger partial charge in [0.15, 0.2) is 5.82 Å². The number of hydrogen-bond donors (Lipinski definition) is 2. The predicted molar refractivity (Wildman–Crippen MR) is 107 cm³/mol. The van der Waals surface area contributed by atoms with Crippen molar-refractivity contribution in [2.45, 2.75) is 51.6 Å². The Hall–Kier alpha value is -2.54. The second-order valence-corrected chi connectivity index (χ2v) is 8.08. The molecule has 2 aliphatic carbocycles. The Bertz CT molecular complexity index is 847. The van der Waals surface area contributed by atoms with Gasteiger partial charge in [-0.1, -0.05) is 0 Å². The number of aromatic nitrogens is 3. The Balaban J connectivity index is 1.42. The van der Waals surface area contributed by atoms with Crippen LogP contribution in [0.15, 0.2) is 24.5 Å². The van der Waals surface area contributed by atoms with Crippen LogP contribution in [-0.2, 0) is 4.79 Å². The molecule has 2 heterocycles. The van der Waals surface area contributed by atoms with Gasteiger partial charge in [-0.3, -0.25) is 14.7 Å². The van der Waals surface area contributed by atoms with E-state index in [2.05, 4.69) is 20.2 Å². The third kappa shape index (κ3) is 4.30. The summed E-state index contributed by atoms with van der Waals surface area (Å²) in [5, 5.41) is 12.8. The van der Waals surface area contributed by atoms with E-state index in [-0.39, 0.29) is 6.54 Å². The number of hydrogen-bond acceptors (Lipinski definition) is 6. The average molecular weight is 381 g/mol. The van der Waals surface area contributed by atoms with Gasteiger partial charge in [-0.15, -0.1) is 0 Å². The number of aryl methyl sites for hydroxylation is 1. The minimum atomic E-state index is -0.736. The Kier molecular flexibility index (Phi) is 5.26. The molecule has 0 amide bonds. The van der Waals surface area contributed by atoms with E-state index < -0.39 is 5.97 Å². The number of aliphatic carboxylic acids is 1. The zero-order valence-corrected chi connectivity index (χ0v) is 16.4. The molecule has 148 valence electrons. The van der Waals surface area contributed by atoms with Crippen LogP contribution < -0.4 is 5.32 Å². The van der Waals surface area contributed by atoms with Gasteiger partial charge in [-0.2, -0.15) is 0 Å². The third-order valence-electron chi connectivity index (χ3n) is 5.81. The summed E-state index contributed by atoms with van der Waals surface area (Å²) in [7, 11) is 0. The molecule has 2 aliphatic rings. The van der Waals surface area contributed by atoms with Crippen LogP contribution in [0.1, 0.15) is 36.9 Å². The first kappa shape index (κ1) is 18.8. The highest BCUT2D eigenvalue weighted by molar-refractivity contribution is 5.69. The van der Waals surface area contributed by atoms with E-state index in [1.807, 2.05) is 26.0 Å². The molecule has 0 bridgehead atoms. The van der Waals surface area contributed by atoms with Gasteiger partial charge in [0.25, 0.3) is 0 Å². The number of nitrogens with one attached hydrogen (secondary N) is 1. The first-order valence-electron chi connectivity index (χ1n) is 9.97. The third-order valence-corrected chi connectivity index (χ3v) is 5.81. The molecule has 0 unspecified atom stereocenters. The second-order valence-electron chi connectivity index (χ2n) is 8.08. The maximum absolute atomic E-state index is 11.2. The first-order chi connectivity index (χ1) is 13.5. The molecule has 0 spiro atoms. The number of pyridine rings is 1. The Morgan fingerprint density at radius 2 is 2.07 bits per heavy atom. The Labute approximate surface area is 165 Å². The molecule has 2 N–H and O–H groups in total. The lowest BCUT2D eigenvalue weighted by Crippen LogP contribution is -2.52. The summed E-state index contributed by atoms with van der Waals surface area (Å²) in [5.74, 6) is 1.50. The van der Waals surface area contributed by atoms with Crippen LogP contribution in [-0.4, -0.2) is 56.1 Å². The maximum atomic E-state index is 11.2. The standard InChI is InChI=1S/C21H27N5O2/c1-13-14(2)23-21(16-4-3-7-22-10-16)25-20(13)24-17-8-18(9-17)26(12-19(27)28)11-15-5-6-15/h3-4,7,10,15,17-18H,5-6,8-9,11-12H2,1-2H3,(H,27,28)(H,23,24,25). The van der Waals surface area contributed by atoms with Crippen LogP contribution in [0.2, 0.25) is 0 Å². The van der Waals surface area contributed by atoms with Gasteiger partial charge in [0.2, 0.25) is 0 Å². The van der Waals surface area contributed by atoms with Crippen LogP contribution in [0.4, 0.5) is 5.82 Å². The molecule has 0 radical (unpaired) electrons. The van der Waals surface area contributed by atoms with Crippen molar-refractivity contribution < 1.29 is 9.90 Å². The van der Waals surface area contributed by atoms with Crippen LogP contribution in [0.25, 0.3) is 11.4 Å². The van der Waals surface area contributed by atoms with Crippen LogP contribution >= 0.6 is 0 Å². The van der Waals surface area contributed by atoms with E-state index in [4.69, 9.17) is 4.98 Å². The minimum absolute atomic E-state index is 0.144. The molecular weight excluding hydrogens is 354 g/mol. The van der Waals surface area contributed by atoms with E-state index in [1.165, 1.54) is 12.8 Å². The van der Waals surface area contributed by atoms with Crippen molar-refractivity contribution in [2.75, 3.05) is 18.4 Å². The smallest absolute Gasteiger partial charge is 0.317 e. The molecule has 7 heteroatoms. The fourth-order valence-electron chi connectivity index (χ4n) is 3.74. The lowest BCUT2D eigenvalue weighted by Gasteiger charge is -2.43. The van der Waals surface area contributed by atoms with Gasteiger partial charge < -0.3 is 10.4 Å². The molecule has 2 aromatic heterocycles. The van der Waals surface area contributed by atoms with E-state index in [9.17, 15) is 9.90 Å². The van der Waals surface area contributed by atoms with Gasteiger partial charge in [0, 0.05) is 47.8 Å². The SMILES string of the molecule is Cc1nc(-c2cccnc2)nc(NC2CC(N(CC(=O)O)CC3CC3)C2)c1C. The first-order valence-corrected chi connectivity index (χ1v) is 9.97. The summed E-state index contributed by atoms with van der Waals surface area (Å²) >= 11 is 0. The molecule has 0 saturated heterocycles. The van der Waals surface area contributed by atoms with Crippen LogP contribution in [0.3, 0.4) is 0 Å². The van der Waals surface area contributed by atoms with Crippen LogP contribution in [0, 0.1) is 19.8 Å². The topological polar surface area (TPSA) is 91.2 Å². The molecule has 2 fully saturated rings. The van der Waals surface area contributed by atoms with Crippen molar-refractivity contribution in [1.82, 2.24) is 19.9 Å². The summed E-state index contributed by atoms with van der Waals surface area (Å²) < 4.78 is 0. The van der Waals surface area contributed by atoms with Gasteiger partial charge >= 0.3 is 5.97 Å². The van der Waals surface area contributed by atoms with Crippen molar-refractivity contribution in [2.24, 2.45) is 5.92 Å². The molecule has 0 aliphatic heterocycles. The van der Waals surface area contributed by atoms with Crippen molar-refractivity contribution in [3.05, 3.63) is 35.8 Å². The average Bonchev–Trinajstić information content (AvgIpc) is 3.45. The molecular formula is C21H27N5O2. The summed E-state index contributed by atoms with van der Waals surface area (Å²) in [5.41, 5.74) is 2.90. The van der Waals surface area contributed by atoms with E-state index in [0.717, 1.165) is 42.0 Å². The van der Waals surface area contributed by atoms with Crippen molar-refractivity contribution >= 4 is 11.8 Å². The monoisotopic (exact) mass is 381 g/mol. The van der Waals surface area contributed by atoms with E-state index in [0.29, 0.717) is 23.8 Å². The zero-order valence-electron chi connectivity index (χ0n) is 16.4. The molecule has 2 aromatic rings. The van der Waals surface area contributed by atoms with Gasteiger partial charge in [-0.05, 0) is 57.6 Å².